The van der Waals surface area contributed by atoms with E-state index in [4.69, 9.17) is 10.5 Å². The van der Waals surface area contributed by atoms with Gasteiger partial charge in [-0.15, -0.1) is 0 Å². The average molecular weight is 504 g/mol. The molecule has 2 aromatic carbocycles. The zero-order valence-electron chi connectivity index (χ0n) is 14.2. The SMILES string of the molecule is COc1ccc(CN)cc1.Cn1cc(-c2ccccc2)n(C)[c]1=[Pt]. The van der Waals surface area contributed by atoms with Gasteiger partial charge in [-0.05, 0) is 17.7 Å². The monoisotopic (exact) mass is 504 g/mol. The third kappa shape index (κ3) is 4.56. The van der Waals surface area contributed by atoms with Crippen molar-refractivity contribution in [1.82, 2.24) is 9.13 Å². The van der Waals surface area contributed by atoms with Gasteiger partial charge in [-0.3, -0.25) is 0 Å². The van der Waals surface area contributed by atoms with Crippen molar-refractivity contribution in [3.05, 3.63) is 70.2 Å². The molecule has 0 bridgehead atoms. The minimum absolute atomic E-state index is 0.587. The van der Waals surface area contributed by atoms with E-state index in [9.17, 15) is 0 Å². The fourth-order valence-corrected chi connectivity index (χ4v) is 2.71. The van der Waals surface area contributed by atoms with E-state index in [1.54, 1.807) is 7.11 Å². The summed E-state index contributed by atoms with van der Waals surface area (Å²) in [6.07, 6.45) is 2.15. The fraction of sp³-hybridized carbons (Fsp3) is 0.211. The second-order valence-electron chi connectivity index (χ2n) is 5.34. The van der Waals surface area contributed by atoms with Gasteiger partial charge < -0.3 is 10.5 Å². The molecule has 0 fully saturated rings. The Morgan fingerprint density at radius 2 is 1.62 bits per heavy atom. The van der Waals surface area contributed by atoms with Gasteiger partial charge in [-0.1, -0.05) is 12.1 Å². The van der Waals surface area contributed by atoms with Crippen LogP contribution >= 0.6 is 0 Å². The van der Waals surface area contributed by atoms with E-state index in [0.717, 1.165) is 11.3 Å². The molecular weight excluding hydrogens is 481 g/mol. The number of nitrogens with two attached hydrogens (primary N) is 1. The summed E-state index contributed by atoms with van der Waals surface area (Å²) < 4.78 is 10.5. The van der Waals surface area contributed by atoms with E-state index in [1.165, 1.54) is 15.1 Å². The maximum atomic E-state index is 5.40. The minimum atomic E-state index is 0.587. The number of aryl methyl sites for hydroxylation is 1. The van der Waals surface area contributed by atoms with Crippen LogP contribution < -0.4 is 10.5 Å². The molecule has 0 aliphatic rings. The molecule has 2 N–H and O–H groups in total. The van der Waals surface area contributed by atoms with Crippen LogP contribution in [-0.2, 0) is 40.0 Å². The normalized spacial score (nSPS) is 10.1. The molecule has 3 rings (SSSR count). The first-order valence-corrected chi connectivity index (χ1v) is 8.76. The molecule has 1 heterocycles. The molecule has 4 nitrogen and oxygen atoms in total. The number of hydrogen-bond acceptors (Lipinski definition) is 2. The van der Waals surface area contributed by atoms with Crippen LogP contribution in [0, 0.1) is 3.80 Å². The predicted octanol–water partition coefficient (Wildman–Crippen LogP) is 3.26. The summed E-state index contributed by atoms with van der Waals surface area (Å²) in [5, 5.41) is 0. The van der Waals surface area contributed by atoms with Crippen molar-refractivity contribution in [3.63, 3.8) is 0 Å². The zero-order valence-corrected chi connectivity index (χ0v) is 16.4. The number of aromatic nitrogens is 2. The van der Waals surface area contributed by atoms with Crippen LogP contribution in [0.3, 0.4) is 0 Å². The molecule has 1 aromatic heterocycles. The molecule has 0 spiro atoms. The molecule has 0 saturated carbocycles. The molecule has 0 atom stereocenters. The number of rotatable bonds is 3. The maximum absolute atomic E-state index is 5.40. The van der Waals surface area contributed by atoms with Gasteiger partial charge in [0.15, 0.2) is 0 Å². The molecule has 0 unspecified atom stereocenters. The van der Waals surface area contributed by atoms with Crippen molar-refractivity contribution in [2.75, 3.05) is 7.11 Å². The number of methoxy groups -OCH3 is 1. The van der Waals surface area contributed by atoms with E-state index >= 15 is 0 Å². The third-order valence-corrected chi connectivity index (χ3v) is 5.23. The van der Waals surface area contributed by atoms with Crippen LogP contribution in [0.5, 0.6) is 5.75 Å². The summed E-state index contributed by atoms with van der Waals surface area (Å²) in [5.41, 5.74) is 9.03. The standard InChI is InChI=1S/C11H12N2.C8H11NO.Pt/c1-12-8-11(13(2)9-12)10-6-4-3-5-7-10;1-10-8-4-2-7(6-9)3-5-8;/h3-8H,1-2H3;2-5H,6,9H2,1H3;. The number of benzene rings is 2. The molecule has 0 radical (unpaired) electrons. The molecule has 130 valence electrons. The van der Waals surface area contributed by atoms with Gasteiger partial charge in [0.2, 0.25) is 0 Å². The topological polar surface area (TPSA) is 45.1 Å². The Balaban J connectivity index is 0.000000185. The first kappa shape index (κ1) is 18.4. The van der Waals surface area contributed by atoms with Gasteiger partial charge in [0, 0.05) is 6.54 Å². The molecule has 0 aliphatic carbocycles. The number of imidazole rings is 1. The van der Waals surface area contributed by atoms with Crippen LogP contribution in [0.2, 0.25) is 0 Å². The van der Waals surface area contributed by atoms with Crippen molar-refractivity contribution in [2.24, 2.45) is 19.8 Å². The molecule has 24 heavy (non-hydrogen) atoms. The van der Waals surface area contributed by atoms with Crippen molar-refractivity contribution in [3.8, 4) is 17.0 Å². The van der Waals surface area contributed by atoms with Gasteiger partial charge in [-0.25, -0.2) is 0 Å². The van der Waals surface area contributed by atoms with E-state index < -0.39 is 0 Å². The van der Waals surface area contributed by atoms with Crippen LogP contribution in [0.15, 0.2) is 60.8 Å². The second kappa shape index (κ2) is 8.81. The van der Waals surface area contributed by atoms with Crippen LogP contribution in [0.25, 0.3) is 11.3 Å². The van der Waals surface area contributed by atoms with Gasteiger partial charge in [0.1, 0.15) is 5.75 Å². The Morgan fingerprint density at radius 1 is 1.00 bits per heavy atom. The molecule has 0 saturated heterocycles. The molecule has 0 amide bonds. The van der Waals surface area contributed by atoms with Gasteiger partial charge >= 0.3 is 94.2 Å². The van der Waals surface area contributed by atoms with E-state index in [2.05, 4.69) is 73.0 Å². The Hall–Kier alpha value is -1.90. The molecule has 0 aliphatic heterocycles. The first-order valence-electron chi connectivity index (χ1n) is 7.63. The van der Waals surface area contributed by atoms with Crippen LogP contribution in [-0.4, -0.2) is 16.2 Å². The number of hydrogen-bond donors (Lipinski definition) is 1. The Morgan fingerprint density at radius 3 is 2.08 bits per heavy atom. The van der Waals surface area contributed by atoms with Crippen LogP contribution in [0.4, 0.5) is 0 Å². The predicted molar refractivity (Wildman–Crippen MR) is 93.9 cm³/mol. The Labute approximate surface area is 153 Å². The first-order chi connectivity index (χ1) is 11.6. The van der Waals surface area contributed by atoms with E-state index in [-0.39, 0.29) is 0 Å². The van der Waals surface area contributed by atoms with E-state index in [0.29, 0.717) is 6.54 Å². The fourth-order valence-electron chi connectivity index (χ4n) is 2.29. The molecule has 3 aromatic rings. The Kier molecular flexibility index (Phi) is 6.77. The number of nitrogens with zero attached hydrogens (tertiary/aromatic N) is 2. The summed E-state index contributed by atoms with van der Waals surface area (Å²) in [5.74, 6) is 0.872. The van der Waals surface area contributed by atoms with Gasteiger partial charge in [0.25, 0.3) is 0 Å². The summed E-state index contributed by atoms with van der Waals surface area (Å²) in [7, 11) is 5.80. The van der Waals surface area contributed by atoms with E-state index in [1.807, 2.05) is 30.3 Å². The van der Waals surface area contributed by atoms with Crippen molar-refractivity contribution >= 4 is 0 Å². The summed E-state index contributed by atoms with van der Waals surface area (Å²) in [6, 6.07) is 18.2. The Bertz CT molecular complexity index is 797. The zero-order chi connectivity index (χ0) is 17.5. The third-order valence-electron chi connectivity index (χ3n) is 3.67. The molecular formula is C19H23N3OPt. The van der Waals surface area contributed by atoms with Crippen LogP contribution in [0.1, 0.15) is 5.56 Å². The van der Waals surface area contributed by atoms with Gasteiger partial charge in [-0.2, -0.15) is 0 Å². The average Bonchev–Trinajstić information content (AvgIpc) is 2.90. The van der Waals surface area contributed by atoms with Crippen molar-refractivity contribution < 1.29 is 24.1 Å². The number of ether oxygens (including phenoxy) is 1. The summed E-state index contributed by atoms with van der Waals surface area (Å²) in [6.45, 7) is 0.587. The van der Waals surface area contributed by atoms with Gasteiger partial charge in [0.05, 0.1) is 7.11 Å². The van der Waals surface area contributed by atoms with Crippen molar-refractivity contribution in [2.45, 2.75) is 6.54 Å². The second-order valence-corrected chi connectivity index (χ2v) is 6.36. The summed E-state index contributed by atoms with van der Waals surface area (Å²) >= 11 is 2.33. The molecule has 5 heteroatoms. The van der Waals surface area contributed by atoms with Crippen molar-refractivity contribution in [1.29, 1.82) is 0 Å². The quantitative estimate of drug-likeness (QED) is 0.596. The summed E-state index contributed by atoms with van der Waals surface area (Å²) in [4.78, 5) is 0.